The molecule has 3 aliphatic rings. The molecule has 3 aliphatic heterocycles. The highest BCUT2D eigenvalue weighted by Crippen LogP contribution is 2.30. The molecule has 2 aromatic rings. The SMILES string of the molecule is NCCc1cccc(CN2C[C@H]3CC[C@@H]2CN(C(=O)c2ccncc2)C3)c1. The van der Waals surface area contributed by atoms with Crippen LogP contribution in [-0.4, -0.2) is 52.9 Å². The Labute approximate surface area is 161 Å². The first-order chi connectivity index (χ1) is 13.2. The molecule has 0 radical (unpaired) electrons. The van der Waals surface area contributed by atoms with Crippen LogP contribution >= 0.6 is 0 Å². The van der Waals surface area contributed by atoms with Crippen molar-refractivity contribution in [3.8, 4) is 0 Å². The standard InChI is InChI=1S/C22H28N4O/c23-9-6-17-2-1-3-18(12-17)13-25-14-19-4-5-21(25)16-26(15-19)22(27)20-7-10-24-11-8-20/h1-3,7-8,10-12,19,21H,4-6,9,13-16,23H2/t19-,21-/m1/s1. The summed E-state index contributed by atoms with van der Waals surface area (Å²) in [5.41, 5.74) is 9.11. The number of carbonyl (C=O) groups is 1. The molecule has 0 spiro atoms. The Bertz CT molecular complexity index is 779. The summed E-state index contributed by atoms with van der Waals surface area (Å²) in [4.78, 5) is 21.6. The number of rotatable bonds is 5. The van der Waals surface area contributed by atoms with Gasteiger partial charge < -0.3 is 10.6 Å². The fourth-order valence-electron chi connectivity index (χ4n) is 4.50. The molecule has 2 atom stereocenters. The van der Waals surface area contributed by atoms with Gasteiger partial charge in [0.05, 0.1) is 0 Å². The second-order valence-electron chi connectivity index (χ2n) is 7.83. The van der Waals surface area contributed by atoms with Crippen molar-refractivity contribution in [3.63, 3.8) is 0 Å². The number of benzene rings is 1. The molecule has 3 fully saturated rings. The Hall–Kier alpha value is -2.24. The molecule has 2 N–H and O–H groups in total. The molecule has 2 bridgehead atoms. The molecule has 5 rings (SSSR count). The Kier molecular flexibility index (Phi) is 5.50. The van der Waals surface area contributed by atoms with Gasteiger partial charge in [-0.1, -0.05) is 24.3 Å². The molecule has 1 amide bonds. The van der Waals surface area contributed by atoms with Crippen LogP contribution < -0.4 is 5.73 Å². The summed E-state index contributed by atoms with van der Waals surface area (Å²) in [6.07, 6.45) is 6.70. The number of hydrogen-bond acceptors (Lipinski definition) is 4. The third kappa shape index (κ3) is 4.20. The minimum Gasteiger partial charge on any atom is -0.337 e. The zero-order valence-corrected chi connectivity index (χ0v) is 15.8. The van der Waals surface area contributed by atoms with Gasteiger partial charge >= 0.3 is 0 Å². The summed E-state index contributed by atoms with van der Waals surface area (Å²) in [5.74, 6) is 0.697. The van der Waals surface area contributed by atoms with E-state index in [-0.39, 0.29) is 5.91 Å². The molecule has 0 unspecified atom stereocenters. The van der Waals surface area contributed by atoms with Crippen LogP contribution in [0.25, 0.3) is 0 Å². The minimum absolute atomic E-state index is 0.140. The van der Waals surface area contributed by atoms with Gasteiger partial charge in [-0.25, -0.2) is 0 Å². The quantitative estimate of drug-likeness (QED) is 0.884. The number of piperidine rings is 1. The van der Waals surface area contributed by atoms with Gasteiger partial charge in [0, 0.05) is 50.2 Å². The van der Waals surface area contributed by atoms with E-state index < -0.39 is 0 Å². The van der Waals surface area contributed by atoms with Crippen molar-refractivity contribution in [1.29, 1.82) is 0 Å². The van der Waals surface area contributed by atoms with Crippen molar-refractivity contribution in [2.45, 2.75) is 31.8 Å². The highest BCUT2D eigenvalue weighted by molar-refractivity contribution is 5.94. The molecule has 0 aliphatic carbocycles. The van der Waals surface area contributed by atoms with E-state index in [1.54, 1.807) is 12.4 Å². The minimum atomic E-state index is 0.140. The lowest BCUT2D eigenvalue weighted by molar-refractivity contribution is 0.0736. The lowest BCUT2D eigenvalue weighted by Crippen LogP contribution is -2.43. The lowest BCUT2D eigenvalue weighted by atomic mass is 9.94. The van der Waals surface area contributed by atoms with Crippen molar-refractivity contribution in [2.24, 2.45) is 11.7 Å². The predicted molar refractivity (Wildman–Crippen MR) is 106 cm³/mol. The van der Waals surface area contributed by atoms with Crippen LogP contribution in [0.15, 0.2) is 48.8 Å². The van der Waals surface area contributed by atoms with Crippen molar-refractivity contribution in [3.05, 3.63) is 65.5 Å². The molecule has 142 valence electrons. The van der Waals surface area contributed by atoms with Gasteiger partial charge in [-0.3, -0.25) is 14.7 Å². The van der Waals surface area contributed by atoms with Gasteiger partial charge in [-0.15, -0.1) is 0 Å². The van der Waals surface area contributed by atoms with E-state index in [9.17, 15) is 4.79 Å². The number of amides is 1. The van der Waals surface area contributed by atoms with E-state index in [4.69, 9.17) is 5.73 Å². The lowest BCUT2D eigenvalue weighted by Gasteiger charge is -2.36. The molecule has 1 aromatic heterocycles. The average molecular weight is 364 g/mol. The largest absolute Gasteiger partial charge is 0.337 e. The fraction of sp³-hybridized carbons (Fsp3) is 0.455. The van der Waals surface area contributed by atoms with Crippen LogP contribution in [-0.2, 0) is 13.0 Å². The van der Waals surface area contributed by atoms with Crippen LogP contribution in [0.3, 0.4) is 0 Å². The summed E-state index contributed by atoms with van der Waals surface area (Å²) in [7, 11) is 0. The summed E-state index contributed by atoms with van der Waals surface area (Å²) in [5, 5.41) is 0. The molecule has 27 heavy (non-hydrogen) atoms. The summed E-state index contributed by atoms with van der Waals surface area (Å²) in [6, 6.07) is 12.8. The highest BCUT2D eigenvalue weighted by atomic mass is 16.2. The molecule has 4 heterocycles. The summed E-state index contributed by atoms with van der Waals surface area (Å²) >= 11 is 0. The summed E-state index contributed by atoms with van der Waals surface area (Å²) < 4.78 is 0. The summed E-state index contributed by atoms with van der Waals surface area (Å²) in [6.45, 7) is 4.40. The molecule has 1 aromatic carbocycles. The molecule has 0 saturated carbocycles. The molecule has 3 saturated heterocycles. The highest BCUT2D eigenvalue weighted by Gasteiger charge is 2.36. The number of nitrogens with zero attached hydrogens (tertiary/aromatic N) is 3. The zero-order chi connectivity index (χ0) is 18.6. The first-order valence-corrected chi connectivity index (χ1v) is 9.94. The van der Waals surface area contributed by atoms with Crippen molar-refractivity contribution >= 4 is 5.91 Å². The van der Waals surface area contributed by atoms with E-state index in [0.717, 1.165) is 38.2 Å². The number of pyridine rings is 1. The number of nitrogens with two attached hydrogens (primary N) is 1. The molecular weight excluding hydrogens is 336 g/mol. The molecule has 5 heteroatoms. The van der Waals surface area contributed by atoms with Crippen LogP contribution in [0.4, 0.5) is 0 Å². The van der Waals surface area contributed by atoms with Gasteiger partial charge in [0.1, 0.15) is 0 Å². The van der Waals surface area contributed by atoms with Crippen molar-refractivity contribution in [1.82, 2.24) is 14.8 Å². The van der Waals surface area contributed by atoms with E-state index in [2.05, 4.69) is 39.0 Å². The Morgan fingerprint density at radius 2 is 1.89 bits per heavy atom. The van der Waals surface area contributed by atoms with Gasteiger partial charge in [0.25, 0.3) is 5.91 Å². The van der Waals surface area contributed by atoms with E-state index in [1.165, 1.54) is 24.0 Å². The van der Waals surface area contributed by atoms with Crippen molar-refractivity contribution in [2.75, 3.05) is 26.2 Å². The monoisotopic (exact) mass is 364 g/mol. The third-order valence-electron chi connectivity index (χ3n) is 5.85. The zero-order valence-electron chi connectivity index (χ0n) is 15.8. The van der Waals surface area contributed by atoms with E-state index in [0.29, 0.717) is 18.5 Å². The second kappa shape index (κ2) is 8.19. The Morgan fingerprint density at radius 3 is 2.70 bits per heavy atom. The molecular formula is C22H28N4O. The maximum Gasteiger partial charge on any atom is 0.254 e. The Morgan fingerprint density at radius 1 is 1.07 bits per heavy atom. The van der Waals surface area contributed by atoms with Crippen LogP contribution in [0.2, 0.25) is 0 Å². The number of fused-ring (bicyclic) bond motifs is 4. The molecule has 5 nitrogen and oxygen atoms in total. The van der Waals surface area contributed by atoms with Crippen molar-refractivity contribution < 1.29 is 4.79 Å². The maximum atomic E-state index is 12.9. The Balaban J connectivity index is 1.47. The van der Waals surface area contributed by atoms with Crippen LogP contribution in [0.1, 0.15) is 34.3 Å². The van der Waals surface area contributed by atoms with E-state index in [1.807, 2.05) is 12.1 Å². The third-order valence-corrected chi connectivity index (χ3v) is 5.85. The van der Waals surface area contributed by atoms with Gasteiger partial charge in [0.15, 0.2) is 0 Å². The fourth-order valence-corrected chi connectivity index (χ4v) is 4.50. The second-order valence-corrected chi connectivity index (χ2v) is 7.83. The predicted octanol–water partition coefficient (Wildman–Crippen LogP) is 2.32. The first kappa shape index (κ1) is 18.1. The van der Waals surface area contributed by atoms with Gasteiger partial charge in [-0.2, -0.15) is 0 Å². The van der Waals surface area contributed by atoms with E-state index >= 15 is 0 Å². The van der Waals surface area contributed by atoms with Crippen LogP contribution in [0, 0.1) is 5.92 Å². The smallest absolute Gasteiger partial charge is 0.254 e. The van der Waals surface area contributed by atoms with Gasteiger partial charge in [0.2, 0.25) is 0 Å². The number of hydrogen-bond donors (Lipinski definition) is 1. The number of carbonyl (C=O) groups excluding carboxylic acids is 1. The normalized spacial score (nSPS) is 22.6. The van der Waals surface area contributed by atoms with Crippen LogP contribution in [0.5, 0.6) is 0 Å². The number of aromatic nitrogens is 1. The van der Waals surface area contributed by atoms with Gasteiger partial charge in [-0.05, 0) is 55.0 Å². The maximum absolute atomic E-state index is 12.9. The first-order valence-electron chi connectivity index (χ1n) is 9.94. The topological polar surface area (TPSA) is 62.5 Å². The average Bonchev–Trinajstić information content (AvgIpc) is 3.01.